The number of carbonyl (C=O) groups is 15. The minimum absolute atomic E-state index is 0.0215. The van der Waals surface area contributed by atoms with E-state index in [-0.39, 0.29) is 101 Å². The van der Waals surface area contributed by atoms with Crippen LogP contribution in [0.4, 0.5) is 0 Å². The second-order valence-electron chi connectivity index (χ2n) is 30.4. The monoisotopic (exact) mass is 1600 g/mol. The van der Waals surface area contributed by atoms with Crippen LogP contribution in [0.5, 0.6) is 0 Å². The molecule has 14 amide bonds. The lowest BCUT2D eigenvalue weighted by molar-refractivity contribution is -0.145. The van der Waals surface area contributed by atoms with Crippen molar-refractivity contribution in [1.29, 1.82) is 0 Å². The fourth-order valence-electron chi connectivity index (χ4n) is 12.8. The molecule has 3 heterocycles. The summed E-state index contributed by atoms with van der Waals surface area (Å²) in [6, 6.07) is -20.2. The Labute approximate surface area is 658 Å². The van der Waals surface area contributed by atoms with Gasteiger partial charge in [0.2, 0.25) is 82.7 Å². The lowest BCUT2D eigenvalue weighted by Gasteiger charge is -2.33. The third kappa shape index (κ3) is 32.7. The summed E-state index contributed by atoms with van der Waals surface area (Å²) in [5.74, 6) is -15.9. The molecule has 2 saturated heterocycles. The number of aliphatic carboxylic acids is 1. The standard InChI is InChI=1S/C72H126N22O19/c1-36(2)30-47(86-66(107)52-22-17-29-94(52)70(111)57(41(10)97)92-60(101)45(23-24-53(76)98)83-65(106)51-21-16-28-93(51)69(110)55(39(7)8)90-58(99)43(75)18-11-13-25-73)62(103)85-49(32-42-33-79-35-81-42)63(104)91-56(40(9)96)68(109)88-50(34-95)64(105)82-44(20-15-27-80-72(77)78)59(100)89-54(38(5)6)67(108)87-48(31-37(3)4)61(102)84-46(71(112)113)19-12-14-26-74/h33,35-41,43-52,54-57,95-97H,11-32,34,73-75H2,1-10H3,(H2,76,98)(H,79,81)(H,82,105)(H,83,106)(H,84,102)(H,85,103)(H,86,107)(H,87,108)(H,88,109)(H,89,100)(H,90,99)(H,91,104)(H,92,101)(H,112,113)(H4,77,78,80)/t40-,41-,43+,44+,45+,46+,47+,48+,49+,50+,51+,52+,54+,55+,56+,57+/m1/s1. The summed E-state index contributed by atoms with van der Waals surface area (Å²) in [4.78, 5) is 222. The van der Waals surface area contributed by atoms with Crippen LogP contribution >= 0.6 is 0 Å². The number of carboxylic acids is 1. The zero-order chi connectivity index (χ0) is 85.1. The number of rotatable bonds is 51. The Balaban J connectivity index is 1.87. The Morgan fingerprint density at radius 1 is 0.496 bits per heavy atom. The Kier molecular flexibility index (Phi) is 42.3. The van der Waals surface area contributed by atoms with Gasteiger partial charge in [-0.05, 0) is 141 Å². The first-order chi connectivity index (χ1) is 53.2. The lowest BCUT2D eigenvalue weighted by Crippen LogP contribution is -2.63. The molecule has 16 atom stereocenters. The van der Waals surface area contributed by atoms with Gasteiger partial charge in [0.15, 0.2) is 5.96 Å². The first-order valence-electron chi connectivity index (χ1n) is 38.8. The Hall–Kier alpha value is -9.71. The normalized spacial score (nSPS) is 17.9. The van der Waals surface area contributed by atoms with Crippen LogP contribution < -0.4 is 92.9 Å². The maximum absolute atomic E-state index is 14.6. The number of guanidine groups is 1. The molecule has 2 fully saturated rings. The average molecular weight is 1600 g/mol. The number of likely N-dealkylation sites (tertiary alicyclic amines) is 2. The van der Waals surface area contributed by atoms with E-state index < -0.39 is 217 Å². The van der Waals surface area contributed by atoms with Crippen LogP contribution in [-0.4, -0.2) is 271 Å². The van der Waals surface area contributed by atoms with Gasteiger partial charge in [-0.2, -0.15) is 0 Å². The fraction of sp³-hybridized carbons (Fsp3) is 0.736. The summed E-state index contributed by atoms with van der Waals surface area (Å²) in [6.45, 7) is 15.4. The summed E-state index contributed by atoms with van der Waals surface area (Å²) in [6.07, 6.45) is 1.08. The highest BCUT2D eigenvalue weighted by molar-refractivity contribution is 6.01. The highest BCUT2D eigenvalue weighted by Gasteiger charge is 2.45. The Morgan fingerprint density at radius 3 is 1.39 bits per heavy atom. The van der Waals surface area contributed by atoms with E-state index in [0.717, 1.165) is 11.8 Å². The van der Waals surface area contributed by atoms with E-state index in [0.29, 0.717) is 51.6 Å². The summed E-state index contributed by atoms with van der Waals surface area (Å²) in [5, 5.41) is 70.5. The summed E-state index contributed by atoms with van der Waals surface area (Å²) in [7, 11) is 0. The number of carboxylic acid groups (broad SMARTS) is 1. The molecule has 113 heavy (non-hydrogen) atoms. The largest absolute Gasteiger partial charge is 0.480 e. The van der Waals surface area contributed by atoms with E-state index in [2.05, 4.69) is 73.4 Å². The molecule has 0 spiro atoms. The van der Waals surface area contributed by atoms with Crippen molar-refractivity contribution >= 4 is 94.6 Å². The third-order valence-electron chi connectivity index (χ3n) is 19.1. The molecule has 41 nitrogen and oxygen atoms in total. The van der Waals surface area contributed by atoms with Crippen molar-refractivity contribution in [2.45, 2.75) is 275 Å². The number of aromatic amines is 1. The number of aliphatic hydroxyl groups is 3. The van der Waals surface area contributed by atoms with Crippen LogP contribution in [0, 0.1) is 23.7 Å². The van der Waals surface area contributed by atoms with Gasteiger partial charge in [-0.1, -0.05) is 61.8 Å². The smallest absolute Gasteiger partial charge is 0.326 e. The molecule has 2 aliphatic heterocycles. The number of H-pyrrole nitrogens is 1. The van der Waals surface area contributed by atoms with Crippen molar-refractivity contribution in [2.75, 3.05) is 39.3 Å². The SMILES string of the molecule is CC(C)C[C@H](NC(=O)[C@@H](NC(=O)[C@H](CCCN=C(N)N)NC(=O)[C@H](CO)NC(=O)[C@@H](NC(=O)[C@H](Cc1cnc[nH]1)NC(=O)[C@H](CC(C)C)NC(=O)[C@@H]1CCCN1C(=O)[C@@H](NC(=O)[C@H](CCC(N)=O)NC(=O)[C@@H]1CCCN1C(=O)[C@@H](NC(=O)[C@@H](N)CCCCN)C(C)C)[C@@H](C)O)[C@@H](C)O)C(C)C)C(=O)N[C@@H](CCCCN)C(=O)O. The predicted octanol–water partition coefficient (Wildman–Crippen LogP) is -6.59. The van der Waals surface area contributed by atoms with Gasteiger partial charge in [0, 0.05) is 44.4 Å². The third-order valence-corrected chi connectivity index (χ3v) is 19.1. The summed E-state index contributed by atoms with van der Waals surface area (Å²) >= 11 is 0. The minimum Gasteiger partial charge on any atom is -0.480 e. The lowest BCUT2D eigenvalue weighted by atomic mass is 9.98. The number of aliphatic imine (C=N–C) groups is 1. The number of primary amides is 1. The Bertz CT molecular complexity index is 3360. The number of nitrogens with two attached hydrogens (primary N) is 6. The summed E-state index contributed by atoms with van der Waals surface area (Å²) < 4.78 is 0. The maximum atomic E-state index is 14.6. The zero-order valence-electron chi connectivity index (χ0n) is 66.6. The zero-order valence-corrected chi connectivity index (χ0v) is 66.6. The van der Waals surface area contributed by atoms with Gasteiger partial charge in [-0.25, -0.2) is 9.78 Å². The van der Waals surface area contributed by atoms with Gasteiger partial charge in [0.05, 0.1) is 31.2 Å². The quantitative estimate of drug-likeness (QED) is 0.0164. The summed E-state index contributed by atoms with van der Waals surface area (Å²) in [5.41, 5.74) is 34.1. The molecule has 0 aliphatic carbocycles. The molecule has 638 valence electrons. The molecular formula is C72H126N22O19. The molecule has 1 aromatic heterocycles. The van der Waals surface area contributed by atoms with Crippen molar-refractivity contribution in [2.24, 2.45) is 63.1 Å². The second-order valence-corrected chi connectivity index (χ2v) is 30.4. The topological polar surface area (TPSA) is 673 Å². The molecule has 41 heteroatoms. The highest BCUT2D eigenvalue weighted by Crippen LogP contribution is 2.24. The maximum Gasteiger partial charge on any atom is 0.326 e. The van der Waals surface area contributed by atoms with Crippen LogP contribution in [0.2, 0.25) is 0 Å². The van der Waals surface area contributed by atoms with Crippen molar-refractivity contribution in [1.82, 2.24) is 78.3 Å². The first-order valence-corrected chi connectivity index (χ1v) is 38.8. The van der Waals surface area contributed by atoms with E-state index >= 15 is 0 Å². The number of amides is 14. The molecule has 0 saturated carbocycles. The number of hydrogen-bond donors (Lipinski definition) is 22. The van der Waals surface area contributed by atoms with Gasteiger partial charge in [0.25, 0.3) is 0 Å². The number of aliphatic hydroxyl groups excluding tert-OH is 3. The van der Waals surface area contributed by atoms with Gasteiger partial charge < -0.3 is 128 Å². The molecule has 2 aliphatic rings. The van der Waals surface area contributed by atoms with Crippen LogP contribution in [0.15, 0.2) is 17.5 Å². The molecule has 0 aromatic carbocycles. The van der Waals surface area contributed by atoms with E-state index in [1.165, 1.54) is 24.3 Å². The van der Waals surface area contributed by atoms with Crippen LogP contribution in [0.25, 0.3) is 0 Å². The van der Waals surface area contributed by atoms with Crippen molar-refractivity contribution in [3.8, 4) is 0 Å². The van der Waals surface area contributed by atoms with Crippen molar-refractivity contribution in [3.63, 3.8) is 0 Å². The number of carbonyl (C=O) groups excluding carboxylic acids is 14. The van der Waals surface area contributed by atoms with E-state index in [4.69, 9.17) is 34.4 Å². The number of nitrogens with zero attached hydrogens (tertiary/aromatic N) is 4. The first kappa shape index (κ1) is 97.5. The molecule has 1 aromatic rings. The van der Waals surface area contributed by atoms with Gasteiger partial charge >= 0.3 is 5.97 Å². The molecule has 0 unspecified atom stereocenters. The van der Waals surface area contributed by atoms with E-state index in [1.54, 1.807) is 55.4 Å². The fourth-order valence-corrected chi connectivity index (χ4v) is 12.8. The van der Waals surface area contributed by atoms with E-state index in [1.807, 2.05) is 0 Å². The highest BCUT2D eigenvalue weighted by atomic mass is 16.4. The van der Waals surface area contributed by atoms with Crippen molar-refractivity contribution in [3.05, 3.63) is 18.2 Å². The van der Waals surface area contributed by atoms with Gasteiger partial charge in [-0.3, -0.25) is 72.1 Å². The molecule has 0 bridgehead atoms. The molecule has 0 radical (unpaired) electrons. The number of unbranched alkanes of at least 4 members (excludes halogenated alkanes) is 2. The van der Waals surface area contributed by atoms with Gasteiger partial charge in [0.1, 0.15) is 78.5 Å². The average Bonchev–Trinajstić information content (AvgIpc) is 1.68. The Morgan fingerprint density at radius 2 is 0.912 bits per heavy atom. The van der Waals surface area contributed by atoms with Crippen LogP contribution in [-0.2, 0) is 78.3 Å². The molecular weight excluding hydrogens is 1480 g/mol. The minimum atomic E-state index is -1.94. The molecule has 3 rings (SSSR count). The van der Waals surface area contributed by atoms with E-state index in [9.17, 15) is 92.3 Å². The van der Waals surface area contributed by atoms with Gasteiger partial charge in [-0.15, -0.1) is 0 Å². The van der Waals surface area contributed by atoms with Crippen LogP contribution in [0.1, 0.15) is 178 Å². The number of imidazole rings is 1. The second kappa shape index (κ2) is 49.0. The molecule has 28 N–H and O–H groups in total. The number of nitrogens with one attached hydrogen (secondary N) is 12. The predicted molar refractivity (Wildman–Crippen MR) is 412 cm³/mol. The van der Waals surface area contributed by atoms with Crippen molar-refractivity contribution < 1.29 is 92.3 Å². The number of hydrogen-bond acceptors (Lipinski definition) is 23. The van der Waals surface area contributed by atoms with Crippen LogP contribution in [0.3, 0.4) is 0 Å². The number of aromatic nitrogens is 2.